The van der Waals surface area contributed by atoms with Gasteiger partial charge in [0, 0.05) is 25.3 Å². The highest BCUT2D eigenvalue weighted by molar-refractivity contribution is 6.01. The molecule has 224 valence electrons. The summed E-state index contributed by atoms with van der Waals surface area (Å²) in [6.45, 7) is 1.88. The predicted octanol–water partition coefficient (Wildman–Crippen LogP) is 3.67. The maximum absolute atomic E-state index is 15.1. The molecule has 0 saturated heterocycles. The number of rotatable bonds is 13. The summed E-state index contributed by atoms with van der Waals surface area (Å²) < 4.78 is 55.2. The molecule has 1 aromatic carbocycles. The number of nitrogens with zero attached hydrogens (tertiary/aromatic N) is 3. The van der Waals surface area contributed by atoms with Crippen molar-refractivity contribution in [1.29, 1.82) is 0 Å². The summed E-state index contributed by atoms with van der Waals surface area (Å²) in [5.74, 6) is -2.19. The Kier molecular flexibility index (Phi) is 9.35. The molecule has 2 aliphatic carbocycles. The van der Waals surface area contributed by atoms with E-state index in [2.05, 4.69) is 15.7 Å². The highest BCUT2D eigenvalue weighted by atomic mass is 19.4. The predicted molar refractivity (Wildman–Crippen MR) is 143 cm³/mol. The topological polar surface area (TPSA) is 122 Å². The molecule has 1 atom stereocenters. The van der Waals surface area contributed by atoms with Crippen LogP contribution in [-0.4, -0.2) is 64.3 Å². The number of anilines is 1. The fraction of sp³-hybridized carbons (Fsp3) is 0.571. The Bertz CT molecular complexity index is 1240. The smallest absolute Gasteiger partial charge is 0.339 e. The third-order valence-electron chi connectivity index (χ3n) is 7.45. The molecule has 41 heavy (non-hydrogen) atoms. The Hall–Kier alpha value is -3.48. The minimum atomic E-state index is -4.59. The molecule has 2 saturated carbocycles. The van der Waals surface area contributed by atoms with Gasteiger partial charge in [-0.05, 0) is 81.0 Å². The molecule has 4 N–H and O–H groups in total. The molecular formula is C28H36F4N6O3. The van der Waals surface area contributed by atoms with Crippen LogP contribution in [0.15, 0.2) is 30.5 Å². The van der Waals surface area contributed by atoms with Gasteiger partial charge in [0.05, 0.1) is 12.1 Å². The maximum Gasteiger partial charge on any atom is 0.406 e. The second kappa shape index (κ2) is 12.6. The second-order valence-corrected chi connectivity index (χ2v) is 11.2. The van der Waals surface area contributed by atoms with Crippen molar-refractivity contribution in [1.82, 2.24) is 20.0 Å². The van der Waals surface area contributed by atoms with E-state index in [1.807, 2.05) is 13.8 Å². The molecule has 3 amide bonds. The molecule has 4 rings (SSSR count). The minimum absolute atomic E-state index is 0.0731. The van der Waals surface area contributed by atoms with Crippen LogP contribution in [0.4, 0.5) is 23.2 Å². The summed E-state index contributed by atoms with van der Waals surface area (Å²) in [4.78, 5) is 39.8. The van der Waals surface area contributed by atoms with E-state index in [0.717, 1.165) is 31.7 Å². The van der Waals surface area contributed by atoms with Crippen LogP contribution in [0.25, 0.3) is 0 Å². The van der Waals surface area contributed by atoms with E-state index in [4.69, 9.17) is 5.73 Å². The van der Waals surface area contributed by atoms with E-state index in [-0.39, 0.29) is 36.3 Å². The molecule has 0 bridgehead atoms. The fourth-order valence-corrected chi connectivity index (χ4v) is 5.28. The lowest BCUT2D eigenvalue weighted by molar-refractivity contribution is -0.160. The first kappa shape index (κ1) is 30.5. The Morgan fingerprint density at radius 3 is 2.32 bits per heavy atom. The lowest BCUT2D eigenvalue weighted by atomic mass is 9.88. The molecule has 2 aromatic rings. The Morgan fingerprint density at radius 2 is 1.78 bits per heavy atom. The normalized spacial score (nSPS) is 16.1. The zero-order valence-corrected chi connectivity index (χ0v) is 23.1. The van der Waals surface area contributed by atoms with Crippen LogP contribution in [-0.2, 0) is 16.0 Å². The Morgan fingerprint density at radius 1 is 1.12 bits per heavy atom. The number of hydrogen-bond donors (Lipinski definition) is 3. The average Bonchev–Trinajstić information content (AvgIpc) is 3.83. The van der Waals surface area contributed by atoms with Crippen LogP contribution in [0.3, 0.4) is 0 Å². The minimum Gasteiger partial charge on any atom is -0.339 e. The van der Waals surface area contributed by atoms with Gasteiger partial charge in [-0.1, -0.05) is 6.07 Å². The first-order valence-electron chi connectivity index (χ1n) is 13.9. The van der Waals surface area contributed by atoms with Gasteiger partial charge in [-0.2, -0.15) is 18.3 Å². The number of benzene rings is 1. The molecule has 0 spiro atoms. The molecule has 1 heterocycles. The standard InChI is InChI=1S/C28H36F4N6O3/c1-16(2)38-22(9-11-34-38)26(40)36-25(24(18-4-5-18)19-6-7-19)27(41)35-21-8-3-17(13-20(21)29)14-23(39)37(12-10-33)15-28(30,31)32/h3,8-9,11,13,16,18-19,24-25H,4-7,10,12,14-15,33H2,1-2H3,(H,35,41)(H,36,40). The summed E-state index contributed by atoms with van der Waals surface area (Å²) in [6.07, 6.45) is 0.283. The third-order valence-corrected chi connectivity index (χ3v) is 7.45. The number of aromatic nitrogens is 2. The monoisotopic (exact) mass is 580 g/mol. The number of hydrogen-bond acceptors (Lipinski definition) is 5. The Labute approximate surface area is 235 Å². The van der Waals surface area contributed by atoms with E-state index in [1.165, 1.54) is 18.3 Å². The summed E-state index contributed by atoms with van der Waals surface area (Å²) in [7, 11) is 0. The van der Waals surface area contributed by atoms with Gasteiger partial charge in [0.2, 0.25) is 11.8 Å². The molecule has 1 aromatic heterocycles. The van der Waals surface area contributed by atoms with Gasteiger partial charge in [-0.25, -0.2) is 4.39 Å². The largest absolute Gasteiger partial charge is 0.406 e. The number of alkyl halides is 3. The fourth-order valence-electron chi connectivity index (χ4n) is 5.28. The summed E-state index contributed by atoms with van der Waals surface area (Å²) in [5.41, 5.74) is 5.66. The van der Waals surface area contributed by atoms with Crippen molar-refractivity contribution < 1.29 is 31.9 Å². The molecule has 0 aliphatic heterocycles. The van der Waals surface area contributed by atoms with Crippen LogP contribution in [0.1, 0.15) is 61.6 Å². The van der Waals surface area contributed by atoms with Gasteiger partial charge >= 0.3 is 6.18 Å². The van der Waals surface area contributed by atoms with Crippen LogP contribution >= 0.6 is 0 Å². The van der Waals surface area contributed by atoms with Gasteiger partial charge in [0.25, 0.3) is 5.91 Å². The van der Waals surface area contributed by atoms with E-state index in [0.29, 0.717) is 22.4 Å². The van der Waals surface area contributed by atoms with Crippen molar-refractivity contribution in [3.8, 4) is 0 Å². The molecule has 13 heteroatoms. The summed E-state index contributed by atoms with van der Waals surface area (Å²) in [5, 5.41) is 9.67. The van der Waals surface area contributed by atoms with Gasteiger partial charge in [-0.15, -0.1) is 0 Å². The van der Waals surface area contributed by atoms with Crippen molar-refractivity contribution in [3.63, 3.8) is 0 Å². The van der Waals surface area contributed by atoms with E-state index in [9.17, 15) is 27.6 Å². The van der Waals surface area contributed by atoms with Gasteiger partial charge < -0.3 is 21.3 Å². The van der Waals surface area contributed by atoms with E-state index in [1.54, 1.807) is 10.7 Å². The Balaban J connectivity index is 1.49. The average molecular weight is 581 g/mol. The second-order valence-electron chi connectivity index (χ2n) is 11.2. The van der Waals surface area contributed by atoms with Crippen molar-refractivity contribution in [2.75, 3.05) is 25.0 Å². The van der Waals surface area contributed by atoms with Crippen LogP contribution in [0.5, 0.6) is 0 Å². The van der Waals surface area contributed by atoms with Gasteiger partial charge in [-0.3, -0.25) is 19.1 Å². The molecule has 0 radical (unpaired) electrons. The zero-order valence-electron chi connectivity index (χ0n) is 23.1. The summed E-state index contributed by atoms with van der Waals surface area (Å²) >= 11 is 0. The zero-order chi connectivity index (χ0) is 29.9. The number of nitrogens with two attached hydrogens (primary N) is 1. The number of amides is 3. The van der Waals surface area contributed by atoms with E-state index < -0.39 is 48.7 Å². The number of carbonyl (C=O) groups excluding carboxylic acids is 3. The quantitative estimate of drug-likeness (QED) is 0.312. The van der Waals surface area contributed by atoms with Crippen LogP contribution in [0.2, 0.25) is 0 Å². The lowest BCUT2D eigenvalue weighted by Gasteiger charge is -2.28. The van der Waals surface area contributed by atoms with Crippen molar-refractivity contribution in [2.24, 2.45) is 23.5 Å². The lowest BCUT2D eigenvalue weighted by Crippen LogP contribution is -2.50. The van der Waals surface area contributed by atoms with E-state index >= 15 is 4.39 Å². The first-order chi connectivity index (χ1) is 19.4. The SMILES string of the molecule is CC(C)n1nccc1C(=O)NC(C(=O)Nc1ccc(CC(=O)N(CCN)CC(F)(F)F)cc1F)C(C1CC1)C1CC1. The maximum atomic E-state index is 15.1. The molecule has 9 nitrogen and oxygen atoms in total. The first-order valence-corrected chi connectivity index (χ1v) is 13.9. The highest BCUT2D eigenvalue weighted by Crippen LogP contribution is 2.51. The molecular weight excluding hydrogens is 544 g/mol. The highest BCUT2D eigenvalue weighted by Gasteiger charge is 2.48. The van der Waals surface area contributed by atoms with Crippen molar-refractivity contribution >= 4 is 23.4 Å². The summed E-state index contributed by atoms with van der Waals surface area (Å²) in [6, 6.07) is 4.26. The van der Waals surface area contributed by atoms with Gasteiger partial charge in [0.1, 0.15) is 24.1 Å². The number of carbonyl (C=O) groups is 3. The van der Waals surface area contributed by atoms with Crippen LogP contribution in [0, 0.1) is 23.6 Å². The van der Waals surface area contributed by atoms with Crippen molar-refractivity contribution in [2.45, 2.75) is 64.2 Å². The van der Waals surface area contributed by atoms with Crippen LogP contribution < -0.4 is 16.4 Å². The third kappa shape index (κ3) is 8.05. The van der Waals surface area contributed by atoms with Gasteiger partial charge in [0.15, 0.2) is 0 Å². The van der Waals surface area contributed by atoms with Crippen molar-refractivity contribution in [3.05, 3.63) is 47.5 Å². The molecule has 2 fully saturated rings. The number of nitrogens with one attached hydrogen (secondary N) is 2. The molecule has 2 aliphatic rings. The number of halogens is 4. The molecule has 1 unspecified atom stereocenters.